The monoisotopic (exact) mass is 363 g/mol. The minimum absolute atomic E-state index is 0.0216. The summed E-state index contributed by atoms with van der Waals surface area (Å²) in [6, 6.07) is 3.14. The second-order valence-corrected chi connectivity index (χ2v) is 5.35. The van der Waals surface area contributed by atoms with Crippen LogP contribution in [0.4, 0.5) is 30.7 Å². The van der Waals surface area contributed by atoms with Crippen LogP contribution in [0.1, 0.15) is 23.1 Å². The molecule has 0 N–H and O–H groups in total. The van der Waals surface area contributed by atoms with Gasteiger partial charge in [0.05, 0.1) is 0 Å². The largest absolute Gasteiger partial charge is 0.435 e. The molecular weight excluding hydrogens is 357 g/mol. The minimum atomic E-state index is -6.08. The van der Waals surface area contributed by atoms with Gasteiger partial charge in [-0.15, -0.1) is 0 Å². The molecule has 0 bridgehead atoms. The van der Waals surface area contributed by atoms with Gasteiger partial charge in [0.1, 0.15) is 0 Å². The van der Waals surface area contributed by atoms with E-state index in [9.17, 15) is 30.7 Å². The maximum atomic E-state index is 14.1. The van der Waals surface area contributed by atoms with Gasteiger partial charge in [-0.25, -0.2) is 4.39 Å². The molecule has 8 heteroatoms. The molecule has 1 aromatic carbocycles. The maximum Gasteiger partial charge on any atom is 0.435 e. The zero-order valence-corrected chi connectivity index (χ0v) is 11.3. The number of fused-ring (bicyclic) bond motifs is 1. The van der Waals surface area contributed by atoms with Crippen LogP contribution < -0.4 is 0 Å². The lowest BCUT2D eigenvalue weighted by atomic mass is 9.88. The van der Waals surface area contributed by atoms with E-state index in [2.05, 4.69) is 22.0 Å². The fraction of sp³-hybridized carbons (Fsp3) is 0.500. The molecule has 0 aliphatic heterocycles. The van der Waals surface area contributed by atoms with Gasteiger partial charge < -0.3 is 0 Å². The first kappa shape index (κ1) is 15.6. The van der Waals surface area contributed by atoms with Gasteiger partial charge in [-0.1, -0.05) is 15.9 Å². The molecule has 1 aliphatic rings. The SMILES string of the molecule is FC(F)(F)C(F)(c1cc(Br)[c]c2c1CCC2)C(F)(F)F. The van der Waals surface area contributed by atoms with Gasteiger partial charge in [0, 0.05) is 16.1 Å². The van der Waals surface area contributed by atoms with Gasteiger partial charge in [0.15, 0.2) is 0 Å². The second kappa shape index (κ2) is 4.61. The van der Waals surface area contributed by atoms with Gasteiger partial charge >= 0.3 is 18.0 Å². The fourth-order valence-electron chi connectivity index (χ4n) is 2.35. The molecule has 0 heterocycles. The third kappa shape index (κ3) is 2.21. The number of benzene rings is 1. The van der Waals surface area contributed by atoms with Crippen LogP contribution in [0.15, 0.2) is 10.5 Å². The summed E-state index contributed by atoms with van der Waals surface area (Å²) in [5.74, 6) is 0. The van der Waals surface area contributed by atoms with Crippen LogP contribution >= 0.6 is 15.9 Å². The molecule has 0 nitrogen and oxygen atoms in total. The third-order valence-corrected chi connectivity index (χ3v) is 3.66. The lowest BCUT2D eigenvalue weighted by Crippen LogP contribution is -2.51. The molecule has 0 saturated heterocycles. The molecule has 1 aromatic rings. The van der Waals surface area contributed by atoms with E-state index in [-0.39, 0.29) is 28.4 Å². The Morgan fingerprint density at radius 3 is 2.00 bits per heavy atom. The minimum Gasteiger partial charge on any atom is -0.218 e. The number of halogens is 8. The van der Waals surface area contributed by atoms with E-state index in [1.54, 1.807) is 0 Å². The fourth-order valence-corrected chi connectivity index (χ4v) is 2.81. The van der Waals surface area contributed by atoms with Crippen LogP contribution in [-0.4, -0.2) is 12.4 Å². The molecule has 0 amide bonds. The van der Waals surface area contributed by atoms with Crippen molar-refractivity contribution < 1.29 is 30.7 Å². The van der Waals surface area contributed by atoms with Crippen LogP contribution in [-0.2, 0) is 18.5 Å². The zero-order chi connectivity index (χ0) is 15.3. The summed E-state index contributed by atoms with van der Waals surface area (Å²) in [5.41, 5.74) is -6.79. The Labute approximate surface area is 118 Å². The highest BCUT2D eigenvalue weighted by molar-refractivity contribution is 9.10. The van der Waals surface area contributed by atoms with E-state index in [1.807, 2.05) is 0 Å². The van der Waals surface area contributed by atoms with Gasteiger partial charge in [-0.2, -0.15) is 26.3 Å². The molecule has 2 rings (SSSR count). The van der Waals surface area contributed by atoms with Crippen LogP contribution in [0.2, 0.25) is 0 Å². The number of hydrogen-bond donors (Lipinski definition) is 0. The van der Waals surface area contributed by atoms with Crippen molar-refractivity contribution in [2.24, 2.45) is 0 Å². The second-order valence-electron chi connectivity index (χ2n) is 4.50. The maximum absolute atomic E-state index is 14.1. The van der Waals surface area contributed by atoms with Crippen molar-refractivity contribution in [1.29, 1.82) is 0 Å². The van der Waals surface area contributed by atoms with Crippen LogP contribution in [0.3, 0.4) is 0 Å². The first-order valence-corrected chi connectivity index (χ1v) is 6.34. The van der Waals surface area contributed by atoms with E-state index >= 15 is 0 Å². The predicted octanol–water partition coefficient (Wildman–Crippen LogP) is 5.03. The summed E-state index contributed by atoms with van der Waals surface area (Å²) in [6.07, 6.45) is -11.5. The molecule has 1 aliphatic carbocycles. The van der Waals surface area contributed by atoms with Gasteiger partial charge in [0.25, 0.3) is 0 Å². The number of alkyl halides is 7. The Balaban J connectivity index is 2.75. The third-order valence-electron chi connectivity index (χ3n) is 3.24. The van der Waals surface area contributed by atoms with Crippen molar-refractivity contribution in [3.8, 4) is 0 Å². The molecule has 111 valence electrons. The molecule has 0 saturated carbocycles. The molecule has 0 aromatic heterocycles. The molecular formula is C12H7BrF7. The summed E-state index contributed by atoms with van der Waals surface area (Å²) < 4.78 is 90.6. The average molecular weight is 364 g/mol. The Bertz CT molecular complexity index is 516. The van der Waals surface area contributed by atoms with E-state index in [4.69, 9.17) is 0 Å². The highest BCUT2D eigenvalue weighted by Crippen LogP contribution is 2.55. The van der Waals surface area contributed by atoms with Crippen LogP contribution in [0.5, 0.6) is 0 Å². The Kier molecular flexibility index (Phi) is 3.59. The average Bonchev–Trinajstić information content (AvgIpc) is 2.71. The summed E-state index contributed by atoms with van der Waals surface area (Å²) in [4.78, 5) is 0. The molecule has 20 heavy (non-hydrogen) atoms. The smallest absolute Gasteiger partial charge is 0.218 e. The van der Waals surface area contributed by atoms with Crippen molar-refractivity contribution in [3.05, 3.63) is 33.3 Å². The number of aryl methyl sites for hydroxylation is 1. The van der Waals surface area contributed by atoms with Gasteiger partial charge in [-0.05, 0) is 36.5 Å². The van der Waals surface area contributed by atoms with Crippen molar-refractivity contribution >= 4 is 15.9 Å². The van der Waals surface area contributed by atoms with E-state index < -0.39 is 23.6 Å². The first-order chi connectivity index (χ1) is 8.98. The van der Waals surface area contributed by atoms with E-state index in [0.29, 0.717) is 12.5 Å². The summed E-state index contributed by atoms with van der Waals surface area (Å²) >= 11 is 2.78. The lowest BCUT2D eigenvalue weighted by molar-refractivity contribution is -0.348. The zero-order valence-electron chi connectivity index (χ0n) is 9.72. The summed E-state index contributed by atoms with van der Waals surface area (Å²) in [6.45, 7) is 0. The van der Waals surface area contributed by atoms with Crippen LogP contribution in [0, 0.1) is 6.07 Å². The Hall–Kier alpha value is -0.790. The van der Waals surface area contributed by atoms with Crippen molar-refractivity contribution in [2.75, 3.05) is 0 Å². The van der Waals surface area contributed by atoms with E-state index in [0.717, 1.165) is 0 Å². The van der Waals surface area contributed by atoms with Crippen molar-refractivity contribution in [1.82, 2.24) is 0 Å². The highest BCUT2D eigenvalue weighted by Gasteiger charge is 2.74. The molecule has 0 spiro atoms. The van der Waals surface area contributed by atoms with Crippen LogP contribution in [0.25, 0.3) is 0 Å². The normalized spacial score (nSPS) is 16.4. The summed E-state index contributed by atoms with van der Waals surface area (Å²) in [5, 5.41) is 0. The molecule has 0 unspecified atom stereocenters. The Morgan fingerprint density at radius 2 is 1.50 bits per heavy atom. The number of rotatable bonds is 1. The van der Waals surface area contributed by atoms with Gasteiger partial charge in [-0.3, -0.25) is 0 Å². The molecule has 1 radical (unpaired) electrons. The Morgan fingerprint density at radius 1 is 0.950 bits per heavy atom. The highest BCUT2D eigenvalue weighted by atomic mass is 79.9. The van der Waals surface area contributed by atoms with Crippen molar-refractivity contribution in [2.45, 2.75) is 37.3 Å². The molecule has 0 atom stereocenters. The van der Waals surface area contributed by atoms with Gasteiger partial charge in [0.2, 0.25) is 0 Å². The molecule has 0 fully saturated rings. The first-order valence-electron chi connectivity index (χ1n) is 5.55. The van der Waals surface area contributed by atoms with E-state index in [1.165, 1.54) is 0 Å². The topological polar surface area (TPSA) is 0 Å². The number of hydrogen-bond acceptors (Lipinski definition) is 0. The lowest BCUT2D eigenvalue weighted by Gasteiger charge is -2.32. The van der Waals surface area contributed by atoms with Crippen molar-refractivity contribution in [3.63, 3.8) is 0 Å². The quantitative estimate of drug-likeness (QED) is 0.614. The summed E-state index contributed by atoms with van der Waals surface area (Å²) in [7, 11) is 0. The predicted molar refractivity (Wildman–Crippen MR) is 59.9 cm³/mol. The standard InChI is InChI=1S/C12H7BrF7/c13-7-4-6-2-1-3-8(6)9(5-7)10(14,11(15,16)17)12(18,19)20/h5H,1-3H2.